The lowest BCUT2D eigenvalue weighted by atomic mass is 10.0. The molecule has 0 aliphatic carbocycles. The summed E-state index contributed by atoms with van der Waals surface area (Å²) in [6.45, 7) is 4.89. The quantitative estimate of drug-likeness (QED) is 0.0321. The van der Waals surface area contributed by atoms with Crippen molar-refractivity contribution >= 4 is 11.9 Å². The van der Waals surface area contributed by atoms with Crippen LogP contribution < -0.4 is 5.32 Å². The standard InChI is InChI=1S/C60H115NO5/c1-3-5-7-9-11-13-15-17-19-20-21-22-23-24-25-28-32-36-40-44-48-52-58(63)57(56-62)61-59(64)53-49-45-41-37-33-29-26-27-31-35-39-43-47-51-55-66-60(65)54-50-46-42-38-34-30-18-16-14-12-10-8-6-4-2/h16,18,48,52,57-58,62-63H,3-15,17,19-47,49-51,53-56H2,1-2H3,(H,61,64)/b18-16-,52-48+. The Kier molecular flexibility index (Phi) is 54.5. The minimum absolute atomic E-state index is 0.0114. The van der Waals surface area contributed by atoms with E-state index in [-0.39, 0.29) is 18.5 Å². The van der Waals surface area contributed by atoms with E-state index < -0.39 is 12.1 Å². The Labute approximate surface area is 411 Å². The average molecular weight is 931 g/mol. The van der Waals surface area contributed by atoms with Gasteiger partial charge in [-0.25, -0.2) is 0 Å². The number of nitrogens with one attached hydrogen (secondary N) is 1. The van der Waals surface area contributed by atoms with Gasteiger partial charge in [0.15, 0.2) is 0 Å². The van der Waals surface area contributed by atoms with Crippen molar-refractivity contribution in [3.8, 4) is 0 Å². The van der Waals surface area contributed by atoms with Crippen LogP contribution in [0, 0.1) is 0 Å². The molecule has 6 heteroatoms. The predicted octanol–water partition coefficient (Wildman–Crippen LogP) is 18.2. The zero-order chi connectivity index (χ0) is 47.9. The van der Waals surface area contributed by atoms with Crippen molar-refractivity contribution in [2.75, 3.05) is 13.2 Å². The number of aliphatic hydroxyl groups excluding tert-OH is 2. The molecule has 0 saturated carbocycles. The summed E-state index contributed by atoms with van der Waals surface area (Å²) in [5.74, 6) is -0.0875. The summed E-state index contributed by atoms with van der Waals surface area (Å²) >= 11 is 0. The second kappa shape index (κ2) is 55.9. The van der Waals surface area contributed by atoms with Crippen LogP contribution in [0.25, 0.3) is 0 Å². The van der Waals surface area contributed by atoms with Crippen molar-refractivity contribution < 1.29 is 24.5 Å². The molecule has 0 heterocycles. The van der Waals surface area contributed by atoms with Gasteiger partial charge in [-0.1, -0.05) is 276 Å². The van der Waals surface area contributed by atoms with Gasteiger partial charge < -0.3 is 20.3 Å². The Hall–Kier alpha value is -1.66. The second-order valence-corrected chi connectivity index (χ2v) is 20.3. The van der Waals surface area contributed by atoms with Crippen LogP contribution in [0.3, 0.4) is 0 Å². The predicted molar refractivity (Wildman–Crippen MR) is 287 cm³/mol. The zero-order valence-corrected chi connectivity index (χ0v) is 44.4. The molecule has 0 saturated heterocycles. The van der Waals surface area contributed by atoms with Crippen molar-refractivity contribution in [2.45, 2.75) is 334 Å². The molecule has 0 rings (SSSR count). The molecule has 0 aliphatic rings. The van der Waals surface area contributed by atoms with Crippen molar-refractivity contribution in [1.82, 2.24) is 5.32 Å². The Morgan fingerprint density at radius 3 is 1.08 bits per heavy atom. The zero-order valence-electron chi connectivity index (χ0n) is 44.4. The molecule has 66 heavy (non-hydrogen) atoms. The van der Waals surface area contributed by atoms with Gasteiger partial charge in [0.25, 0.3) is 0 Å². The fourth-order valence-corrected chi connectivity index (χ4v) is 9.16. The fraction of sp³-hybridized carbons (Fsp3) is 0.900. The van der Waals surface area contributed by atoms with Crippen molar-refractivity contribution in [1.29, 1.82) is 0 Å². The lowest BCUT2D eigenvalue weighted by Crippen LogP contribution is -2.45. The molecular weight excluding hydrogens is 815 g/mol. The van der Waals surface area contributed by atoms with Crippen LogP contribution in [0.1, 0.15) is 322 Å². The minimum atomic E-state index is -0.852. The molecule has 3 N–H and O–H groups in total. The van der Waals surface area contributed by atoms with Crippen LogP contribution >= 0.6 is 0 Å². The molecule has 390 valence electrons. The maximum absolute atomic E-state index is 12.5. The molecule has 0 aromatic carbocycles. The van der Waals surface area contributed by atoms with E-state index in [0.717, 1.165) is 57.8 Å². The van der Waals surface area contributed by atoms with Gasteiger partial charge in [0.1, 0.15) is 0 Å². The maximum atomic E-state index is 12.5. The lowest BCUT2D eigenvalue weighted by molar-refractivity contribution is -0.143. The Balaban J connectivity index is 3.48. The summed E-state index contributed by atoms with van der Waals surface area (Å²) in [5, 5.41) is 23.2. The average Bonchev–Trinajstić information content (AvgIpc) is 3.32. The van der Waals surface area contributed by atoms with E-state index in [9.17, 15) is 19.8 Å². The van der Waals surface area contributed by atoms with Gasteiger partial charge in [0.2, 0.25) is 5.91 Å². The van der Waals surface area contributed by atoms with Crippen molar-refractivity contribution in [2.24, 2.45) is 0 Å². The summed E-state index contributed by atoms with van der Waals surface area (Å²) in [4.78, 5) is 24.5. The number of carbonyl (C=O) groups is 2. The van der Waals surface area contributed by atoms with Gasteiger partial charge in [-0.05, 0) is 57.8 Å². The number of allylic oxidation sites excluding steroid dienone is 3. The van der Waals surface area contributed by atoms with E-state index in [1.165, 1.54) is 238 Å². The van der Waals surface area contributed by atoms with Crippen LogP contribution in [0.15, 0.2) is 24.3 Å². The van der Waals surface area contributed by atoms with Crippen LogP contribution in [0.4, 0.5) is 0 Å². The van der Waals surface area contributed by atoms with Crippen LogP contribution in [-0.4, -0.2) is 47.4 Å². The first kappa shape index (κ1) is 64.3. The molecule has 0 bridgehead atoms. The number of amides is 1. The van der Waals surface area contributed by atoms with Gasteiger partial charge in [-0.3, -0.25) is 9.59 Å². The Morgan fingerprint density at radius 2 is 0.712 bits per heavy atom. The van der Waals surface area contributed by atoms with Crippen molar-refractivity contribution in [3.05, 3.63) is 24.3 Å². The van der Waals surface area contributed by atoms with Gasteiger partial charge in [-0.15, -0.1) is 0 Å². The Morgan fingerprint density at radius 1 is 0.409 bits per heavy atom. The van der Waals surface area contributed by atoms with Crippen LogP contribution in [0.2, 0.25) is 0 Å². The van der Waals surface area contributed by atoms with E-state index in [2.05, 4.69) is 31.3 Å². The number of hydrogen-bond acceptors (Lipinski definition) is 5. The molecule has 0 fully saturated rings. The third-order valence-corrected chi connectivity index (χ3v) is 13.7. The summed E-state index contributed by atoms with van der Waals surface area (Å²) in [7, 11) is 0. The molecular formula is C60H115NO5. The highest BCUT2D eigenvalue weighted by Crippen LogP contribution is 2.17. The first-order valence-corrected chi connectivity index (χ1v) is 29.6. The van der Waals surface area contributed by atoms with Gasteiger partial charge in [-0.2, -0.15) is 0 Å². The summed E-state index contributed by atoms with van der Waals surface area (Å²) in [6.07, 6.45) is 67.7. The topological polar surface area (TPSA) is 95.9 Å². The summed E-state index contributed by atoms with van der Waals surface area (Å²) in [5.41, 5.74) is 0. The molecule has 0 radical (unpaired) electrons. The molecule has 0 aromatic rings. The van der Waals surface area contributed by atoms with E-state index >= 15 is 0 Å². The first-order chi connectivity index (χ1) is 32.5. The van der Waals surface area contributed by atoms with Gasteiger partial charge in [0, 0.05) is 12.8 Å². The number of unbranched alkanes of at least 4 members (excludes halogenated alkanes) is 42. The SMILES string of the molecule is CCCCCCC/C=C\CCCCCCCC(=O)OCCCCCCCCCCCCCCCCC(=O)NC(CO)C(O)/C=C/CCCCCCCCCCCCCCCCCCCCC. The Bertz CT molecular complexity index is 1030. The van der Waals surface area contributed by atoms with E-state index in [1.54, 1.807) is 6.08 Å². The molecule has 1 amide bonds. The summed E-state index contributed by atoms with van der Waals surface area (Å²) < 4.78 is 5.47. The largest absolute Gasteiger partial charge is 0.466 e. The first-order valence-electron chi connectivity index (χ1n) is 29.6. The highest BCUT2D eigenvalue weighted by Gasteiger charge is 2.18. The highest BCUT2D eigenvalue weighted by molar-refractivity contribution is 5.76. The fourth-order valence-electron chi connectivity index (χ4n) is 9.16. The molecule has 0 aromatic heterocycles. The van der Waals surface area contributed by atoms with Crippen LogP contribution in [0.5, 0.6) is 0 Å². The number of aliphatic hydroxyl groups is 2. The van der Waals surface area contributed by atoms with E-state index in [1.807, 2.05) is 6.08 Å². The molecule has 0 spiro atoms. The summed E-state index contributed by atoms with van der Waals surface area (Å²) in [6, 6.07) is -0.637. The third-order valence-electron chi connectivity index (χ3n) is 13.7. The second-order valence-electron chi connectivity index (χ2n) is 20.3. The van der Waals surface area contributed by atoms with Crippen molar-refractivity contribution in [3.63, 3.8) is 0 Å². The normalized spacial score (nSPS) is 12.7. The number of rotatable bonds is 55. The lowest BCUT2D eigenvalue weighted by Gasteiger charge is -2.20. The van der Waals surface area contributed by atoms with Gasteiger partial charge in [0.05, 0.1) is 25.4 Å². The number of ether oxygens (including phenoxy) is 1. The maximum Gasteiger partial charge on any atom is 0.305 e. The van der Waals surface area contributed by atoms with Crippen LogP contribution in [-0.2, 0) is 14.3 Å². The molecule has 2 unspecified atom stereocenters. The smallest absolute Gasteiger partial charge is 0.305 e. The third kappa shape index (κ3) is 51.7. The molecule has 6 nitrogen and oxygen atoms in total. The molecule has 2 atom stereocenters. The number of hydrogen-bond donors (Lipinski definition) is 3. The highest BCUT2D eigenvalue weighted by atomic mass is 16.5. The van der Waals surface area contributed by atoms with E-state index in [4.69, 9.17) is 4.74 Å². The van der Waals surface area contributed by atoms with E-state index in [0.29, 0.717) is 19.4 Å². The molecule has 0 aliphatic heterocycles. The van der Waals surface area contributed by atoms with Gasteiger partial charge >= 0.3 is 5.97 Å². The number of carbonyl (C=O) groups excluding carboxylic acids is 2. The minimum Gasteiger partial charge on any atom is -0.466 e. The monoisotopic (exact) mass is 930 g/mol. The number of esters is 1.